The van der Waals surface area contributed by atoms with Crippen molar-refractivity contribution in [1.29, 1.82) is 0 Å². The molecular weight excluding hydrogens is 416 g/mol. The molecule has 166 valence electrons. The molecule has 0 saturated heterocycles. The van der Waals surface area contributed by atoms with Gasteiger partial charge in [0.1, 0.15) is 0 Å². The minimum atomic E-state index is -0.266. The SMILES string of the molecule is CC(C)c1[nH]c(C(=O)SSC(=O)c2nc(C(C)(C)C)c(C(C)C)[nH]2)nc1C(C)(C)C. The Labute approximate surface area is 187 Å². The van der Waals surface area contributed by atoms with Crippen LogP contribution < -0.4 is 0 Å². The predicted molar refractivity (Wildman–Crippen MR) is 127 cm³/mol. The zero-order valence-corrected chi connectivity index (χ0v) is 21.3. The van der Waals surface area contributed by atoms with Gasteiger partial charge in [-0.1, -0.05) is 69.2 Å². The summed E-state index contributed by atoms with van der Waals surface area (Å²) in [5, 5.41) is -0.533. The van der Waals surface area contributed by atoms with Gasteiger partial charge in [0, 0.05) is 22.2 Å². The number of carbonyl (C=O) groups is 2. The standard InChI is InChI=1S/C22H34N4O2S2/c1-11(2)13-15(21(5,6)7)25-17(23-13)19(27)29-30-20(28)18-24-14(12(3)4)16(26-18)22(8,9)10/h11-12H,1-10H3,(H,23,25)(H,24,26). The third-order valence-corrected chi connectivity index (χ3v) is 6.55. The monoisotopic (exact) mass is 450 g/mol. The molecule has 0 aromatic carbocycles. The molecule has 0 aliphatic rings. The largest absolute Gasteiger partial charge is 0.338 e. The normalized spacial score (nSPS) is 12.8. The van der Waals surface area contributed by atoms with Gasteiger partial charge in [0.05, 0.1) is 11.4 Å². The predicted octanol–water partition coefficient (Wildman–Crippen LogP) is 6.34. The first-order valence-corrected chi connectivity index (χ1v) is 12.4. The van der Waals surface area contributed by atoms with E-state index in [1.165, 1.54) is 0 Å². The molecule has 0 aliphatic carbocycles. The van der Waals surface area contributed by atoms with Crippen LogP contribution in [0.15, 0.2) is 0 Å². The molecule has 0 atom stereocenters. The highest BCUT2D eigenvalue weighted by atomic mass is 33.1. The van der Waals surface area contributed by atoms with Gasteiger partial charge in [-0.2, -0.15) is 0 Å². The number of hydrogen-bond donors (Lipinski definition) is 2. The van der Waals surface area contributed by atoms with E-state index in [0.717, 1.165) is 44.4 Å². The number of carbonyl (C=O) groups excluding carboxylic acids is 2. The average Bonchev–Trinajstić information content (AvgIpc) is 3.23. The fourth-order valence-corrected chi connectivity index (χ4v) is 4.53. The van der Waals surface area contributed by atoms with Gasteiger partial charge in [-0.15, -0.1) is 0 Å². The second kappa shape index (κ2) is 8.91. The number of imidazole rings is 2. The van der Waals surface area contributed by atoms with Gasteiger partial charge in [0.15, 0.2) is 11.6 Å². The summed E-state index contributed by atoms with van der Waals surface area (Å²) < 4.78 is 0. The van der Waals surface area contributed by atoms with Crippen LogP contribution in [0.25, 0.3) is 0 Å². The number of aromatic amines is 2. The summed E-state index contributed by atoms with van der Waals surface area (Å²) in [5.41, 5.74) is 3.36. The molecule has 6 nitrogen and oxygen atoms in total. The molecule has 0 radical (unpaired) electrons. The lowest BCUT2D eigenvalue weighted by Gasteiger charge is -2.18. The molecule has 0 aliphatic heterocycles. The lowest BCUT2D eigenvalue weighted by Crippen LogP contribution is -2.15. The molecule has 0 spiro atoms. The van der Waals surface area contributed by atoms with Crippen molar-refractivity contribution >= 4 is 31.8 Å². The van der Waals surface area contributed by atoms with E-state index in [2.05, 4.69) is 89.2 Å². The van der Waals surface area contributed by atoms with Crippen LogP contribution in [-0.2, 0) is 10.8 Å². The highest BCUT2D eigenvalue weighted by molar-refractivity contribution is 8.87. The Balaban J connectivity index is 2.18. The molecule has 2 rings (SSSR count). The summed E-state index contributed by atoms with van der Waals surface area (Å²) in [6.45, 7) is 20.7. The fourth-order valence-electron chi connectivity index (χ4n) is 3.10. The topological polar surface area (TPSA) is 91.5 Å². The van der Waals surface area contributed by atoms with Gasteiger partial charge >= 0.3 is 0 Å². The van der Waals surface area contributed by atoms with Crippen LogP contribution in [0.4, 0.5) is 0 Å². The van der Waals surface area contributed by atoms with Crippen molar-refractivity contribution in [2.24, 2.45) is 0 Å². The average molecular weight is 451 g/mol. The number of nitrogens with zero attached hydrogens (tertiary/aromatic N) is 2. The van der Waals surface area contributed by atoms with Crippen LogP contribution in [0, 0.1) is 0 Å². The van der Waals surface area contributed by atoms with Gasteiger partial charge in [0.2, 0.25) is 0 Å². The van der Waals surface area contributed by atoms with E-state index in [4.69, 9.17) is 0 Å². The maximum absolute atomic E-state index is 12.7. The maximum Gasteiger partial charge on any atom is 0.265 e. The molecule has 0 fully saturated rings. The minimum Gasteiger partial charge on any atom is -0.338 e. The Morgan fingerprint density at radius 3 is 1.20 bits per heavy atom. The van der Waals surface area contributed by atoms with E-state index in [1.807, 2.05) is 0 Å². The zero-order chi connectivity index (χ0) is 23.0. The second-order valence-electron chi connectivity index (χ2n) is 10.2. The highest BCUT2D eigenvalue weighted by Gasteiger charge is 2.29. The van der Waals surface area contributed by atoms with Crippen molar-refractivity contribution < 1.29 is 9.59 Å². The Morgan fingerprint density at radius 1 is 0.700 bits per heavy atom. The first-order valence-electron chi connectivity index (χ1n) is 10.3. The summed E-state index contributed by atoms with van der Waals surface area (Å²) in [5.74, 6) is 1.01. The van der Waals surface area contributed by atoms with E-state index in [-0.39, 0.29) is 44.5 Å². The zero-order valence-electron chi connectivity index (χ0n) is 19.7. The molecular formula is C22H34N4O2S2. The van der Waals surface area contributed by atoms with Gasteiger partial charge in [-0.3, -0.25) is 9.59 Å². The molecule has 0 unspecified atom stereocenters. The van der Waals surface area contributed by atoms with Gasteiger partial charge < -0.3 is 9.97 Å². The Kier molecular flexibility index (Phi) is 7.34. The molecule has 2 aromatic rings. The lowest BCUT2D eigenvalue weighted by atomic mass is 9.88. The number of aromatic nitrogens is 4. The third-order valence-electron chi connectivity index (χ3n) is 4.62. The van der Waals surface area contributed by atoms with Crippen molar-refractivity contribution in [3.8, 4) is 0 Å². The second-order valence-corrected chi connectivity index (χ2v) is 12.3. The van der Waals surface area contributed by atoms with Crippen molar-refractivity contribution in [2.75, 3.05) is 0 Å². The summed E-state index contributed by atoms with van der Waals surface area (Å²) in [6.07, 6.45) is 0. The number of nitrogens with one attached hydrogen (secondary N) is 2. The first kappa shape index (κ1) is 24.7. The molecule has 0 amide bonds. The van der Waals surface area contributed by atoms with Gasteiger partial charge in [0.25, 0.3) is 10.2 Å². The molecule has 8 heteroatoms. The Morgan fingerprint density at radius 2 is 1.00 bits per heavy atom. The van der Waals surface area contributed by atoms with Crippen LogP contribution in [-0.4, -0.2) is 30.2 Å². The smallest absolute Gasteiger partial charge is 0.265 e. The molecule has 2 N–H and O–H groups in total. The Bertz CT molecular complexity index is 852. The third kappa shape index (κ3) is 5.58. The molecule has 2 heterocycles. The first-order chi connectivity index (χ1) is 13.6. The van der Waals surface area contributed by atoms with Gasteiger partial charge in [-0.05, 0) is 33.4 Å². The fraction of sp³-hybridized carbons (Fsp3) is 0.636. The highest BCUT2D eigenvalue weighted by Crippen LogP contribution is 2.34. The summed E-state index contributed by atoms with van der Waals surface area (Å²) in [6, 6.07) is 0. The van der Waals surface area contributed by atoms with Crippen LogP contribution in [0.1, 0.15) is 125 Å². The van der Waals surface area contributed by atoms with Crippen molar-refractivity contribution in [3.05, 3.63) is 34.4 Å². The summed E-state index contributed by atoms with van der Waals surface area (Å²) >= 11 is 0. The number of H-pyrrole nitrogens is 2. The molecule has 0 saturated carbocycles. The van der Waals surface area contributed by atoms with Crippen LogP contribution in [0.5, 0.6) is 0 Å². The van der Waals surface area contributed by atoms with Gasteiger partial charge in [-0.25, -0.2) is 9.97 Å². The number of hydrogen-bond acceptors (Lipinski definition) is 6. The van der Waals surface area contributed by atoms with Crippen LogP contribution in [0.3, 0.4) is 0 Å². The quantitative estimate of drug-likeness (QED) is 0.528. The van der Waals surface area contributed by atoms with Crippen molar-refractivity contribution in [2.45, 2.75) is 91.9 Å². The van der Waals surface area contributed by atoms with E-state index in [1.54, 1.807) is 0 Å². The van der Waals surface area contributed by atoms with Crippen LogP contribution in [0.2, 0.25) is 0 Å². The minimum absolute atomic E-state index is 0.174. The molecule has 0 bridgehead atoms. The maximum atomic E-state index is 12.7. The van der Waals surface area contributed by atoms with Crippen molar-refractivity contribution in [1.82, 2.24) is 19.9 Å². The van der Waals surface area contributed by atoms with E-state index in [9.17, 15) is 9.59 Å². The molecule has 2 aromatic heterocycles. The van der Waals surface area contributed by atoms with Crippen LogP contribution >= 0.6 is 21.6 Å². The van der Waals surface area contributed by atoms with Crippen molar-refractivity contribution in [3.63, 3.8) is 0 Å². The Hall–Kier alpha value is -1.54. The summed E-state index contributed by atoms with van der Waals surface area (Å²) in [4.78, 5) is 40.8. The summed E-state index contributed by atoms with van der Waals surface area (Å²) in [7, 11) is 1.76. The van der Waals surface area contributed by atoms with E-state index < -0.39 is 0 Å². The molecule has 30 heavy (non-hydrogen) atoms. The van der Waals surface area contributed by atoms with E-state index in [0.29, 0.717) is 0 Å². The van der Waals surface area contributed by atoms with E-state index >= 15 is 0 Å². The lowest BCUT2D eigenvalue weighted by molar-refractivity contribution is 0.107. The number of rotatable bonds is 4.